The lowest BCUT2D eigenvalue weighted by molar-refractivity contribution is -0.113. The zero-order valence-electron chi connectivity index (χ0n) is 12.3. The quantitative estimate of drug-likeness (QED) is 0.660. The van der Waals surface area contributed by atoms with Crippen LogP contribution in [0.15, 0.2) is 30.3 Å². The number of benzene rings is 1. The number of ether oxygens (including phenoxy) is 1. The van der Waals surface area contributed by atoms with Crippen LogP contribution in [0.5, 0.6) is 0 Å². The van der Waals surface area contributed by atoms with Gasteiger partial charge in [0, 0.05) is 5.56 Å². The molecule has 1 aromatic carbocycles. The summed E-state index contributed by atoms with van der Waals surface area (Å²) in [6.07, 6.45) is 0. The first-order valence-electron chi connectivity index (χ1n) is 6.77. The van der Waals surface area contributed by atoms with Gasteiger partial charge in [0.05, 0.1) is 12.2 Å². The third-order valence-electron chi connectivity index (χ3n) is 2.92. The average Bonchev–Trinajstić information content (AvgIpc) is 2.94. The highest BCUT2D eigenvalue weighted by Crippen LogP contribution is 2.40. The molecule has 0 spiro atoms. The molecule has 0 fully saturated rings. The van der Waals surface area contributed by atoms with Gasteiger partial charge < -0.3 is 10.1 Å². The van der Waals surface area contributed by atoms with E-state index in [2.05, 4.69) is 11.4 Å². The molecule has 0 aliphatic carbocycles. The summed E-state index contributed by atoms with van der Waals surface area (Å²) in [4.78, 5) is 24.0. The Balaban J connectivity index is 2.63. The lowest BCUT2D eigenvalue weighted by Crippen LogP contribution is -2.12. The number of nitrogens with zero attached hydrogens (tertiary/aromatic N) is 1. The summed E-state index contributed by atoms with van der Waals surface area (Å²) in [6.45, 7) is 1.92. The van der Waals surface area contributed by atoms with Gasteiger partial charge in [-0.05, 0) is 12.5 Å². The Kier molecular flexibility index (Phi) is 5.74. The molecule has 0 saturated heterocycles. The molecule has 2 aromatic rings. The van der Waals surface area contributed by atoms with E-state index in [0.29, 0.717) is 16.1 Å². The number of amides is 1. The SMILES string of the molecule is CCOC(=O)c1sc(NC(=O)CCl)c(C#N)c1-c1ccccc1. The second kappa shape index (κ2) is 7.77. The summed E-state index contributed by atoms with van der Waals surface area (Å²) in [7, 11) is 0. The monoisotopic (exact) mass is 348 g/mol. The molecule has 0 atom stereocenters. The average molecular weight is 349 g/mol. The predicted molar refractivity (Wildman–Crippen MR) is 89.8 cm³/mol. The highest BCUT2D eigenvalue weighted by Gasteiger charge is 2.25. The van der Waals surface area contributed by atoms with Crippen LogP contribution in [0.3, 0.4) is 0 Å². The number of nitriles is 1. The number of alkyl halides is 1. The van der Waals surface area contributed by atoms with Crippen LogP contribution in [0.4, 0.5) is 5.00 Å². The van der Waals surface area contributed by atoms with Crippen LogP contribution in [-0.4, -0.2) is 24.4 Å². The molecule has 0 aliphatic rings. The van der Waals surface area contributed by atoms with E-state index in [1.165, 1.54) is 0 Å². The molecule has 0 aliphatic heterocycles. The molecule has 0 bridgehead atoms. The zero-order chi connectivity index (χ0) is 16.8. The summed E-state index contributed by atoms with van der Waals surface area (Å²) >= 11 is 6.50. The van der Waals surface area contributed by atoms with Crippen molar-refractivity contribution in [3.05, 3.63) is 40.8 Å². The standard InChI is InChI=1S/C16H13ClN2O3S/c1-2-22-16(21)14-13(10-6-4-3-5-7-10)11(9-18)15(23-14)19-12(20)8-17/h3-7H,2,8H2,1H3,(H,19,20). The number of nitrogens with one attached hydrogen (secondary N) is 1. The van der Waals surface area contributed by atoms with E-state index < -0.39 is 11.9 Å². The number of hydrogen-bond donors (Lipinski definition) is 1. The minimum absolute atomic E-state index is 0.218. The van der Waals surface area contributed by atoms with Crippen LogP contribution in [0.1, 0.15) is 22.2 Å². The Morgan fingerprint density at radius 1 is 1.35 bits per heavy atom. The number of rotatable bonds is 5. The van der Waals surface area contributed by atoms with Gasteiger partial charge in [-0.2, -0.15) is 5.26 Å². The fourth-order valence-electron chi connectivity index (χ4n) is 2.01. The number of halogens is 1. The maximum absolute atomic E-state index is 12.2. The summed E-state index contributed by atoms with van der Waals surface area (Å²) in [5.41, 5.74) is 1.39. The Hall–Kier alpha value is -2.36. The van der Waals surface area contributed by atoms with Crippen LogP contribution in [0.2, 0.25) is 0 Å². The smallest absolute Gasteiger partial charge is 0.349 e. The van der Waals surface area contributed by atoms with Crippen LogP contribution >= 0.6 is 22.9 Å². The first-order valence-corrected chi connectivity index (χ1v) is 8.12. The number of carbonyl (C=O) groups is 2. The van der Waals surface area contributed by atoms with E-state index in [-0.39, 0.29) is 22.9 Å². The van der Waals surface area contributed by atoms with Crippen molar-refractivity contribution in [1.29, 1.82) is 5.26 Å². The number of carbonyl (C=O) groups excluding carboxylic acids is 2. The first-order chi connectivity index (χ1) is 11.1. The van der Waals surface area contributed by atoms with Crippen LogP contribution in [-0.2, 0) is 9.53 Å². The minimum atomic E-state index is -0.528. The Bertz CT molecular complexity index is 766. The predicted octanol–water partition coefficient (Wildman–Crippen LogP) is 3.64. The van der Waals surface area contributed by atoms with Gasteiger partial charge in [0.2, 0.25) is 5.91 Å². The van der Waals surface area contributed by atoms with Gasteiger partial charge in [0.15, 0.2) is 0 Å². The van der Waals surface area contributed by atoms with Crippen molar-refractivity contribution in [2.45, 2.75) is 6.92 Å². The summed E-state index contributed by atoms with van der Waals surface area (Å²) in [5.74, 6) is -1.21. The van der Waals surface area contributed by atoms with Crippen molar-refractivity contribution in [2.24, 2.45) is 0 Å². The molecule has 1 N–H and O–H groups in total. The first kappa shape index (κ1) is 17.0. The van der Waals surface area contributed by atoms with Gasteiger partial charge in [-0.25, -0.2) is 4.79 Å². The number of anilines is 1. The molecule has 0 unspecified atom stereocenters. The second-order valence-electron chi connectivity index (χ2n) is 4.39. The largest absolute Gasteiger partial charge is 0.462 e. The molecular formula is C16H13ClN2O3S. The van der Waals surface area contributed by atoms with Crippen molar-refractivity contribution >= 4 is 39.8 Å². The molecular weight excluding hydrogens is 336 g/mol. The number of hydrogen-bond acceptors (Lipinski definition) is 5. The van der Waals surface area contributed by atoms with Gasteiger partial charge in [0.25, 0.3) is 0 Å². The number of esters is 1. The van der Waals surface area contributed by atoms with E-state index in [9.17, 15) is 14.9 Å². The maximum atomic E-state index is 12.2. The van der Waals surface area contributed by atoms with Crippen LogP contribution < -0.4 is 5.32 Å². The molecule has 5 nitrogen and oxygen atoms in total. The van der Waals surface area contributed by atoms with Crippen molar-refractivity contribution < 1.29 is 14.3 Å². The highest BCUT2D eigenvalue weighted by molar-refractivity contribution is 7.19. The molecule has 0 radical (unpaired) electrons. The van der Waals surface area contributed by atoms with E-state index >= 15 is 0 Å². The van der Waals surface area contributed by atoms with Crippen molar-refractivity contribution in [3.8, 4) is 17.2 Å². The van der Waals surface area contributed by atoms with Gasteiger partial charge in [-0.1, -0.05) is 30.3 Å². The summed E-state index contributed by atoms with van der Waals surface area (Å²) < 4.78 is 5.06. The third-order valence-corrected chi connectivity index (χ3v) is 4.25. The molecule has 118 valence electrons. The normalized spacial score (nSPS) is 9.96. The molecule has 1 heterocycles. The lowest BCUT2D eigenvalue weighted by Gasteiger charge is -2.04. The highest BCUT2D eigenvalue weighted by atomic mass is 35.5. The fraction of sp³-hybridized carbons (Fsp3) is 0.188. The summed E-state index contributed by atoms with van der Waals surface area (Å²) in [6, 6.07) is 11.1. The summed E-state index contributed by atoms with van der Waals surface area (Å²) in [5, 5.41) is 12.3. The molecule has 23 heavy (non-hydrogen) atoms. The van der Waals surface area contributed by atoms with Crippen molar-refractivity contribution in [2.75, 3.05) is 17.8 Å². The van der Waals surface area contributed by atoms with Crippen LogP contribution in [0.25, 0.3) is 11.1 Å². The molecule has 1 aromatic heterocycles. The van der Waals surface area contributed by atoms with E-state index in [0.717, 1.165) is 11.3 Å². The van der Waals surface area contributed by atoms with Crippen molar-refractivity contribution in [3.63, 3.8) is 0 Å². The van der Waals surface area contributed by atoms with Crippen LogP contribution in [0, 0.1) is 11.3 Å². The fourth-order valence-corrected chi connectivity index (χ4v) is 3.16. The van der Waals surface area contributed by atoms with E-state index in [1.807, 2.05) is 6.07 Å². The topological polar surface area (TPSA) is 79.2 Å². The molecule has 7 heteroatoms. The Labute approximate surface area is 142 Å². The Morgan fingerprint density at radius 3 is 2.61 bits per heavy atom. The third kappa shape index (κ3) is 3.70. The number of thiophene rings is 1. The van der Waals surface area contributed by atoms with Crippen molar-refractivity contribution in [1.82, 2.24) is 0 Å². The molecule has 2 rings (SSSR count). The van der Waals surface area contributed by atoms with E-state index in [1.54, 1.807) is 31.2 Å². The Morgan fingerprint density at radius 2 is 2.04 bits per heavy atom. The maximum Gasteiger partial charge on any atom is 0.349 e. The lowest BCUT2D eigenvalue weighted by atomic mass is 10.0. The minimum Gasteiger partial charge on any atom is -0.462 e. The molecule has 1 amide bonds. The van der Waals surface area contributed by atoms with Gasteiger partial charge >= 0.3 is 5.97 Å². The zero-order valence-corrected chi connectivity index (χ0v) is 13.8. The molecule has 0 saturated carbocycles. The second-order valence-corrected chi connectivity index (χ2v) is 5.68. The van der Waals surface area contributed by atoms with Gasteiger partial charge in [-0.3, -0.25) is 4.79 Å². The van der Waals surface area contributed by atoms with E-state index in [4.69, 9.17) is 16.3 Å². The van der Waals surface area contributed by atoms with Gasteiger partial charge in [0.1, 0.15) is 21.8 Å². The van der Waals surface area contributed by atoms with Gasteiger partial charge in [-0.15, -0.1) is 22.9 Å².